The highest BCUT2D eigenvalue weighted by atomic mass is 16.6. The summed E-state index contributed by atoms with van der Waals surface area (Å²) >= 11 is 0. The predicted molar refractivity (Wildman–Crippen MR) is 84.3 cm³/mol. The highest BCUT2D eigenvalue weighted by Gasteiger charge is 2.12. The van der Waals surface area contributed by atoms with E-state index in [-0.39, 0.29) is 6.10 Å². The Balaban J connectivity index is 1.47. The van der Waals surface area contributed by atoms with Crippen LogP contribution in [0.3, 0.4) is 0 Å². The summed E-state index contributed by atoms with van der Waals surface area (Å²) in [7, 11) is 0. The molecule has 0 bridgehead atoms. The van der Waals surface area contributed by atoms with Crippen molar-refractivity contribution in [2.45, 2.75) is 31.8 Å². The molecule has 3 rings (SSSR count). The van der Waals surface area contributed by atoms with Gasteiger partial charge in [-0.25, -0.2) is 0 Å². The van der Waals surface area contributed by atoms with Gasteiger partial charge in [0.2, 0.25) is 0 Å². The van der Waals surface area contributed by atoms with Crippen molar-refractivity contribution in [1.82, 2.24) is 4.98 Å². The van der Waals surface area contributed by atoms with Gasteiger partial charge >= 0.3 is 0 Å². The van der Waals surface area contributed by atoms with E-state index in [4.69, 9.17) is 9.47 Å². The topological polar surface area (TPSA) is 51.6 Å². The number of rotatable bonds is 6. The summed E-state index contributed by atoms with van der Waals surface area (Å²) in [6, 6.07) is 9.98. The molecule has 1 unspecified atom stereocenters. The molecule has 0 spiro atoms. The fourth-order valence-corrected chi connectivity index (χ4v) is 2.60. The number of pyridine rings is 1. The lowest BCUT2D eigenvalue weighted by molar-refractivity contribution is 0.155. The third kappa shape index (κ3) is 3.98. The summed E-state index contributed by atoms with van der Waals surface area (Å²) in [5.41, 5.74) is 2.34. The maximum absolute atomic E-state index is 10.1. The van der Waals surface area contributed by atoms with Crippen molar-refractivity contribution in [3.8, 4) is 11.5 Å². The number of aliphatic hydroxyl groups excluding tert-OH is 1. The molecule has 1 aliphatic heterocycles. The van der Waals surface area contributed by atoms with Gasteiger partial charge in [0, 0.05) is 12.4 Å². The van der Waals surface area contributed by atoms with Crippen LogP contribution in [0.25, 0.3) is 0 Å². The SMILES string of the molecule is OC(CCc1cccnc1)CCc1ccc2c(c1)OCCO2. The molecule has 0 radical (unpaired) electrons. The minimum absolute atomic E-state index is 0.298. The van der Waals surface area contributed by atoms with E-state index in [1.165, 1.54) is 11.1 Å². The number of ether oxygens (including phenoxy) is 2. The Morgan fingerprint density at radius 1 is 1.00 bits per heavy atom. The van der Waals surface area contributed by atoms with Crippen molar-refractivity contribution in [3.05, 3.63) is 53.9 Å². The largest absolute Gasteiger partial charge is 0.486 e. The Morgan fingerprint density at radius 3 is 2.55 bits per heavy atom. The third-order valence-electron chi connectivity index (χ3n) is 3.86. The van der Waals surface area contributed by atoms with Crippen LogP contribution in [0.2, 0.25) is 0 Å². The molecule has 4 heteroatoms. The molecule has 1 N–H and O–H groups in total. The van der Waals surface area contributed by atoms with Gasteiger partial charge in [0.1, 0.15) is 13.2 Å². The van der Waals surface area contributed by atoms with Gasteiger partial charge < -0.3 is 14.6 Å². The maximum Gasteiger partial charge on any atom is 0.161 e. The van der Waals surface area contributed by atoms with Crippen molar-refractivity contribution in [1.29, 1.82) is 0 Å². The third-order valence-corrected chi connectivity index (χ3v) is 3.86. The molecular formula is C18H21NO3. The van der Waals surface area contributed by atoms with Crippen molar-refractivity contribution in [2.24, 2.45) is 0 Å². The van der Waals surface area contributed by atoms with Gasteiger partial charge in [-0.2, -0.15) is 0 Å². The first-order valence-electron chi connectivity index (χ1n) is 7.77. The number of aliphatic hydroxyl groups is 1. The van der Waals surface area contributed by atoms with E-state index in [9.17, 15) is 5.11 Å². The normalized spacial score (nSPS) is 14.6. The van der Waals surface area contributed by atoms with E-state index in [1.807, 2.05) is 36.5 Å². The molecule has 0 fully saturated rings. The molecule has 1 atom stereocenters. The van der Waals surface area contributed by atoms with Crippen molar-refractivity contribution in [3.63, 3.8) is 0 Å². The van der Waals surface area contributed by atoms with Gasteiger partial charge in [-0.05, 0) is 55.0 Å². The molecular weight excluding hydrogens is 278 g/mol. The summed E-state index contributed by atoms with van der Waals surface area (Å²) < 4.78 is 11.1. The molecule has 2 aromatic rings. The monoisotopic (exact) mass is 299 g/mol. The minimum Gasteiger partial charge on any atom is -0.486 e. The van der Waals surface area contributed by atoms with Gasteiger partial charge in [0.05, 0.1) is 6.10 Å². The molecule has 116 valence electrons. The molecule has 0 saturated carbocycles. The number of nitrogens with zero attached hydrogens (tertiary/aromatic N) is 1. The maximum atomic E-state index is 10.1. The van der Waals surface area contributed by atoms with Gasteiger partial charge in [-0.1, -0.05) is 12.1 Å². The Labute approximate surface area is 130 Å². The van der Waals surface area contributed by atoms with Gasteiger partial charge in [-0.3, -0.25) is 4.98 Å². The van der Waals surface area contributed by atoms with E-state index in [1.54, 1.807) is 6.20 Å². The first-order chi connectivity index (χ1) is 10.8. The summed E-state index contributed by atoms with van der Waals surface area (Å²) in [4.78, 5) is 4.09. The van der Waals surface area contributed by atoms with Crippen LogP contribution < -0.4 is 9.47 Å². The second-order valence-corrected chi connectivity index (χ2v) is 5.57. The molecule has 2 heterocycles. The summed E-state index contributed by atoms with van der Waals surface area (Å²) in [6.07, 6.45) is 6.53. The Morgan fingerprint density at radius 2 is 1.77 bits per heavy atom. The highest BCUT2D eigenvalue weighted by Crippen LogP contribution is 2.31. The summed E-state index contributed by atoms with van der Waals surface area (Å²) in [6.45, 7) is 1.21. The molecule has 0 amide bonds. The highest BCUT2D eigenvalue weighted by molar-refractivity contribution is 5.43. The van der Waals surface area contributed by atoms with Crippen molar-refractivity contribution in [2.75, 3.05) is 13.2 Å². The average Bonchev–Trinajstić information content (AvgIpc) is 2.59. The lowest BCUT2D eigenvalue weighted by Crippen LogP contribution is -2.15. The number of aryl methyl sites for hydroxylation is 2. The second kappa shape index (κ2) is 7.27. The zero-order chi connectivity index (χ0) is 15.2. The van der Waals surface area contributed by atoms with Crippen LogP contribution in [0.4, 0.5) is 0 Å². The quantitative estimate of drug-likeness (QED) is 0.891. The number of hydrogen-bond donors (Lipinski definition) is 1. The smallest absolute Gasteiger partial charge is 0.161 e. The Bertz CT molecular complexity index is 601. The standard InChI is InChI=1S/C18H21NO3/c20-16(7-4-15-2-1-9-19-13-15)6-3-14-5-8-17-18(12-14)22-11-10-21-17/h1-2,5,8-9,12-13,16,20H,3-4,6-7,10-11H2. The molecule has 4 nitrogen and oxygen atoms in total. The van der Waals surface area contributed by atoms with E-state index in [0.29, 0.717) is 13.2 Å². The molecule has 1 aromatic heterocycles. The van der Waals surface area contributed by atoms with Gasteiger partial charge in [0.15, 0.2) is 11.5 Å². The Hall–Kier alpha value is -2.07. The lowest BCUT2D eigenvalue weighted by atomic mass is 10.0. The summed E-state index contributed by atoms with van der Waals surface area (Å²) in [5.74, 6) is 1.63. The van der Waals surface area contributed by atoms with E-state index in [0.717, 1.165) is 37.2 Å². The minimum atomic E-state index is -0.298. The zero-order valence-electron chi connectivity index (χ0n) is 12.6. The zero-order valence-corrected chi connectivity index (χ0v) is 12.6. The fourth-order valence-electron chi connectivity index (χ4n) is 2.60. The number of aromatic nitrogens is 1. The first-order valence-corrected chi connectivity index (χ1v) is 7.77. The molecule has 0 saturated heterocycles. The van der Waals surface area contributed by atoms with Crippen LogP contribution in [0.15, 0.2) is 42.7 Å². The molecule has 0 aliphatic carbocycles. The van der Waals surface area contributed by atoms with Crippen LogP contribution in [-0.2, 0) is 12.8 Å². The van der Waals surface area contributed by atoms with Crippen LogP contribution >= 0.6 is 0 Å². The predicted octanol–water partition coefficient (Wildman–Crippen LogP) is 2.78. The summed E-state index contributed by atoms with van der Waals surface area (Å²) in [5, 5.41) is 10.1. The average molecular weight is 299 g/mol. The Kier molecular flexibility index (Phi) is 4.91. The second-order valence-electron chi connectivity index (χ2n) is 5.57. The molecule has 22 heavy (non-hydrogen) atoms. The number of fused-ring (bicyclic) bond motifs is 1. The lowest BCUT2D eigenvalue weighted by Gasteiger charge is -2.19. The van der Waals surface area contributed by atoms with Crippen LogP contribution in [0.1, 0.15) is 24.0 Å². The number of hydrogen-bond acceptors (Lipinski definition) is 4. The van der Waals surface area contributed by atoms with E-state index >= 15 is 0 Å². The first kappa shape index (κ1) is 14.9. The fraction of sp³-hybridized carbons (Fsp3) is 0.389. The van der Waals surface area contributed by atoms with Crippen LogP contribution in [-0.4, -0.2) is 29.4 Å². The van der Waals surface area contributed by atoms with Crippen LogP contribution in [0, 0.1) is 0 Å². The van der Waals surface area contributed by atoms with Gasteiger partial charge in [-0.15, -0.1) is 0 Å². The van der Waals surface area contributed by atoms with E-state index in [2.05, 4.69) is 4.98 Å². The molecule has 1 aromatic carbocycles. The van der Waals surface area contributed by atoms with Crippen molar-refractivity contribution < 1.29 is 14.6 Å². The van der Waals surface area contributed by atoms with Gasteiger partial charge in [0.25, 0.3) is 0 Å². The van der Waals surface area contributed by atoms with Crippen LogP contribution in [0.5, 0.6) is 11.5 Å². The van der Waals surface area contributed by atoms with E-state index < -0.39 is 0 Å². The van der Waals surface area contributed by atoms with Crippen molar-refractivity contribution >= 4 is 0 Å². The number of benzene rings is 1. The molecule has 1 aliphatic rings.